The summed E-state index contributed by atoms with van der Waals surface area (Å²) in [5.41, 5.74) is 11.9. The predicted octanol–water partition coefficient (Wildman–Crippen LogP) is 16.1. The molecule has 20 rings (SSSR count). The van der Waals surface area contributed by atoms with E-state index in [1.165, 1.54) is 153 Å². The molecule has 0 aromatic heterocycles. The highest BCUT2D eigenvalue weighted by Gasteiger charge is 2.79. The van der Waals surface area contributed by atoms with E-state index in [0.717, 1.165) is 86.3 Å². The highest BCUT2D eigenvalue weighted by molar-refractivity contribution is 8.77. The molecule has 6 aliphatic heterocycles. The van der Waals surface area contributed by atoms with Crippen molar-refractivity contribution in [3.05, 3.63) is 70.8 Å². The number of hydrogen-bond acceptors (Lipinski definition) is 11. The molecule has 17 atom stereocenters. The van der Waals surface area contributed by atoms with Gasteiger partial charge in [0.2, 0.25) is 5.91 Å². The minimum absolute atomic E-state index is 0.0905. The number of nitrogens with one attached hydrogen (secondary N) is 1. The Morgan fingerprint density at radius 1 is 0.773 bits per heavy atom. The first-order chi connectivity index (χ1) is 42.7. The largest absolute Gasteiger partial charge is 0.504 e. The summed E-state index contributed by atoms with van der Waals surface area (Å²) >= 11 is 0. The number of aliphatic imine (C=N–C) groups is 1. The Bertz CT molecular complexity index is 3140. The van der Waals surface area contributed by atoms with Crippen LogP contribution in [0.2, 0.25) is 0 Å². The number of fused-ring (bicyclic) bond motifs is 2. The Morgan fingerprint density at radius 2 is 1.55 bits per heavy atom. The maximum atomic E-state index is 15.1. The molecule has 8 spiro atoms. The summed E-state index contributed by atoms with van der Waals surface area (Å²) in [6.07, 6.45) is 45.1. The molecule has 11 saturated carbocycles. The van der Waals surface area contributed by atoms with E-state index in [2.05, 4.69) is 80.4 Å². The number of aliphatic hydroxyl groups is 1. The predicted molar refractivity (Wildman–Crippen MR) is 351 cm³/mol. The van der Waals surface area contributed by atoms with Crippen LogP contribution in [0.15, 0.2) is 53.5 Å². The number of phenols is 1. The van der Waals surface area contributed by atoms with Crippen molar-refractivity contribution >= 4 is 39.4 Å². The number of nitrogens with two attached hydrogens (primary N) is 1. The number of ether oxygens (including phenoxy) is 2. The van der Waals surface area contributed by atoms with Gasteiger partial charge < -0.3 is 35.6 Å². The van der Waals surface area contributed by atoms with Gasteiger partial charge in [-0.1, -0.05) is 90.1 Å². The number of carbonyl (C=O) groups excluding carboxylic acids is 2. The van der Waals surface area contributed by atoms with Gasteiger partial charge in [0, 0.05) is 78.9 Å². The molecule has 476 valence electrons. The van der Waals surface area contributed by atoms with Gasteiger partial charge in [0.1, 0.15) is 16.1 Å². The maximum Gasteiger partial charge on any atom is 0.303 e. The molecule has 12 aliphatic carbocycles. The lowest BCUT2D eigenvalue weighted by Gasteiger charge is -2.65. The lowest BCUT2D eigenvalue weighted by molar-refractivity contribution is -0.182. The van der Waals surface area contributed by atoms with Crippen LogP contribution in [0, 0.1) is 73.9 Å². The second-order valence-corrected chi connectivity index (χ2v) is 36.1. The van der Waals surface area contributed by atoms with Crippen molar-refractivity contribution in [2.75, 3.05) is 18.8 Å². The zero-order chi connectivity index (χ0) is 59.5. The van der Waals surface area contributed by atoms with Crippen LogP contribution in [0.3, 0.4) is 0 Å². The standard InChI is InChI=1S/C76H104N4O6S2/c1-49(81)85-70-33-22-51-40-54(65(84)66-64(51)52-23-35-74(86-66)30-9-15-56(74)41-52)46-80-48-71(44-63(80)83)57(18-20-60(71)50-12-3-2-4-13-50)45-78-67(77)79-76(32-11-29-69(76)27-7-8-28-69)88-87-47-58-17-16-53(59(24-34-70)61(82)43-70)42-73(58)39-38-72-37-36-68(25-5-6-26-68)62(72)21-19-55-14-10-31-75(55,72)73/h2-4,12-13,23,35,40,52-53,55-62,82,84H,5-11,14-22,24-34,36-39,41-48H2,1H3,(H3,77,78,79)/t52-,53-,55-,56+,57-,58-,59-,60-,61+,62+,70-,71+,72+,73-,74+,75-,76-/m0/s1. The molecule has 10 bridgehead atoms. The molecule has 0 unspecified atom stereocenters. The van der Waals surface area contributed by atoms with Gasteiger partial charge in [0.05, 0.1) is 6.10 Å². The van der Waals surface area contributed by atoms with Crippen LogP contribution in [0.5, 0.6) is 11.5 Å². The summed E-state index contributed by atoms with van der Waals surface area (Å²) in [7, 11) is 4.42. The van der Waals surface area contributed by atoms with Gasteiger partial charge in [-0.2, -0.15) is 0 Å². The van der Waals surface area contributed by atoms with Crippen LogP contribution in [0.1, 0.15) is 259 Å². The molecule has 0 radical (unpaired) electrons. The van der Waals surface area contributed by atoms with E-state index in [9.17, 15) is 15.0 Å². The van der Waals surface area contributed by atoms with E-state index in [0.29, 0.717) is 84.5 Å². The van der Waals surface area contributed by atoms with Crippen molar-refractivity contribution in [1.29, 1.82) is 0 Å². The minimum atomic E-state index is -0.814. The third kappa shape index (κ3) is 8.43. The van der Waals surface area contributed by atoms with Crippen molar-refractivity contribution in [3.63, 3.8) is 0 Å². The van der Waals surface area contributed by atoms with E-state index in [1.807, 2.05) is 0 Å². The average Bonchev–Trinajstić information content (AvgIpc) is 1.55. The zero-order valence-corrected chi connectivity index (χ0v) is 54.9. The van der Waals surface area contributed by atoms with E-state index >= 15 is 4.79 Å². The SMILES string of the molecule is CC(=O)O[C@@]12CCc3cc(c(O)c4c3[C@H]3C=C[C@@]5(CCC[C@@H]5C3)O4)CN3C[C@]4(CC3=O)[C@@H](CC[C@H]4c3ccccc3)CN=C(N)N[C@@]3(CCCC34CCCC4)SSC[C@@H]3CC[C@@H](C[C@@]34CC[C@]35CCC6(CCCC6)[C@H]3CC[C@@H]3CCC[C@@]345)[C@H](CC1)[C@H](O)C2. The monoisotopic (exact) mass is 1230 g/mol. The van der Waals surface area contributed by atoms with Crippen molar-refractivity contribution in [2.24, 2.45) is 84.6 Å². The highest BCUT2D eigenvalue weighted by atomic mass is 33.1. The lowest BCUT2D eigenvalue weighted by atomic mass is 9.39. The summed E-state index contributed by atoms with van der Waals surface area (Å²) in [5.74, 6) is 6.22. The molecule has 5 N–H and O–H groups in total. The molecule has 12 heteroatoms. The van der Waals surface area contributed by atoms with Crippen molar-refractivity contribution < 1.29 is 29.3 Å². The number of aryl methyl sites for hydroxylation is 1. The first-order valence-corrected chi connectivity index (χ1v) is 38.9. The molecule has 88 heavy (non-hydrogen) atoms. The first kappa shape index (κ1) is 58.5. The van der Waals surface area contributed by atoms with Gasteiger partial charge in [-0.25, -0.2) is 0 Å². The number of carbonyl (C=O) groups is 2. The number of phenolic OH excluding ortho intramolecular Hbond substituents is 1. The number of nitrogens with zero attached hydrogens (tertiary/aromatic N) is 2. The molecule has 2 aromatic carbocycles. The topological polar surface area (TPSA) is 147 Å². The van der Waals surface area contributed by atoms with E-state index in [4.69, 9.17) is 20.2 Å². The zero-order valence-electron chi connectivity index (χ0n) is 53.3. The van der Waals surface area contributed by atoms with E-state index in [1.54, 1.807) is 6.92 Å². The third-order valence-corrected chi connectivity index (χ3v) is 34.1. The average molecular weight is 1230 g/mol. The number of aliphatic hydroxyl groups excluding tert-OH is 1. The Labute approximate surface area is 533 Å². The Kier molecular flexibility index (Phi) is 14.2. The third-order valence-electron chi connectivity index (χ3n) is 30.8. The van der Waals surface area contributed by atoms with Crippen molar-refractivity contribution in [2.45, 2.75) is 272 Å². The molecule has 18 aliphatic rings. The number of amides is 1. The minimum Gasteiger partial charge on any atom is -0.504 e. The Morgan fingerprint density at radius 3 is 2.39 bits per heavy atom. The molecule has 12 fully saturated rings. The molecular formula is C76H104N4O6S2. The van der Waals surface area contributed by atoms with Crippen molar-refractivity contribution in [3.8, 4) is 11.5 Å². The fourth-order valence-corrected chi connectivity index (χ4v) is 31.5. The Balaban J connectivity index is 0.773. The number of hydrogen-bond donors (Lipinski definition) is 4. The number of allylic oxidation sites excluding steroid dienone is 1. The summed E-state index contributed by atoms with van der Waals surface area (Å²) in [6.45, 7) is 3.03. The second-order valence-electron chi connectivity index (χ2n) is 33.5. The number of benzene rings is 2. The fourth-order valence-electron chi connectivity index (χ4n) is 27.5. The molecule has 1 amide bonds. The van der Waals surface area contributed by atoms with Gasteiger partial charge in [-0.3, -0.25) is 14.6 Å². The summed E-state index contributed by atoms with van der Waals surface area (Å²) in [6, 6.07) is 13.2. The van der Waals surface area contributed by atoms with Crippen LogP contribution in [0.25, 0.3) is 0 Å². The number of rotatable bonds is 2. The normalized spacial score (nSPS) is 45.3. The van der Waals surface area contributed by atoms with Gasteiger partial charge in [0.15, 0.2) is 17.5 Å². The molecule has 1 saturated heterocycles. The number of guanidine groups is 1. The van der Waals surface area contributed by atoms with Crippen LogP contribution < -0.4 is 15.8 Å². The summed E-state index contributed by atoms with van der Waals surface area (Å²) < 4.78 is 14.0. The molecule has 6 heterocycles. The summed E-state index contributed by atoms with van der Waals surface area (Å²) in [5, 5.41) is 30.2. The fraction of sp³-hybridized carbons (Fsp3) is 0.776. The smallest absolute Gasteiger partial charge is 0.303 e. The summed E-state index contributed by atoms with van der Waals surface area (Å²) in [4.78, 5) is 36.1. The second kappa shape index (κ2) is 21.3. The van der Waals surface area contributed by atoms with Gasteiger partial charge >= 0.3 is 5.97 Å². The number of aromatic hydroxyl groups is 1. The first-order valence-electron chi connectivity index (χ1n) is 36.6. The number of esters is 1. The van der Waals surface area contributed by atoms with Crippen LogP contribution in [0.4, 0.5) is 0 Å². The maximum absolute atomic E-state index is 15.1. The quantitative estimate of drug-likeness (QED) is 0.130. The van der Waals surface area contributed by atoms with E-state index in [-0.39, 0.29) is 69.0 Å². The van der Waals surface area contributed by atoms with Crippen LogP contribution in [-0.4, -0.2) is 74.0 Å². The van der Waals surface area contributed by atoms with Crippen LogP contribution >= 0.6 is 21.6 Å². The Hall–Kier alpha value is -3.35. The van der Waals surface area contributed by atoms with E-state index < -0.39 is 17.3 Å². The molecule has 2 aromatic rings. The lowest BCUT2D eigenvalue weighted by Crippen LogP contribution is -2.60. The highest BCUT2D eigenvalue weighted by Crippen LogP contribution is 2.87. The van der Waals surface area contributed by atoms with Gasteiger partial charge in [-0.15, -0.1) is 0 Å². The van der Waals surface area contributed by atoms with Gasteiger partial charge in [-0.05, 0) is 266 Å². The van der Waals surface area contributed by atoms with Gasteiger partial charge in [0.25, 0.3) is 0 Å². The van der Waals surface area contributed by atoms with Crippen LogP contribution in [-0.2, 0) is 27.3 Å². The van der Waals surface area contributed by atoms with Crippen molar-refractivity contribution in [1.82, 2.24) is 10.2 Å². The molecule has 10 nitrogen and oxygen atoms in total. The molecular weight excluding hydrogens is 1130 g/mol.